The van der Waals surface area contributed by atoms with Gasteiger partial charge in [-0.05, 0) is 40.0 Å². The lowest BCUT2D eigenvalue weighted by Crippen LogP contribution is -1.97. The molecule has 0 aliphatic carbocycles. The van der Waals surface area contributed by atoms with Gasteiger partial charge in [-0.3, -0.25) is 0 Å². The average Bonchev–Trinajstić information content (AvgIpc) is 2.48. The van der Waals surface area contributed by atoms with Crippen molar-refractivity contribution in [2.45, 2.75) is 0 Å². The first kappa shape index (κ1) is 14.3. The summed E-state index contributed by atoms with van der Waals surface area (Å²) < 4.78 is 23.8. The number of nitrogens with zero attached hydrogens (tertiary/aromatic N) is 2. The molecular weight excluding hydrogens is 327 g/mol. The van der Waals surface area contributed by atoms with Gasteiger partial charge in [0, 0.05) is 5.56 Å². The van der Waals surface area contributed by atoms with Gasteiger partial charge in [0.05, 0.1) is 24.9 Å². The Kier molecular flexibility index (Phi) is 4.53. The minimum atomic E-state index is -0.366. The standard InChI is InChI=1S/C14H10BrFN2O2/c1-19-13-14(20-2)18-10(8-17-13)5-3-9-4-6-11(15)12(16)7-9/h4,6-8H,1-2H3. The van der Waals surface area contributed by atoms with Crippen molar-refractivity contribution in [2.75, 3.05) is 14.2 Å². The Balaban J connectivity index is 2.30. The molecule has 0 spiro atoms. The Morgan fingerprint density at radius 2 is 1.90 bits per heavy atom. The van der Waals surface area contributed by atoms with E-state index in [2.05, 4.69) is 37.7 Å². The molecule has 4 nitrogen and oxygen atoms in total. The molecule has 102 valence electrons. The molecule has 2 rings (SSSR count). The minimum absolute atomic E-state index is 0.251. The van der Waals surface area contributed by atoms with Gasteiger partial charge in [-0.25, -0.2) is 9.37 Å². The number of halogens is 2. The van der Waals surface area contributed by atoms with Gasteiger partial charge in [-0.1, -0.05) is 5.92 Å². The highest BCUT2D eigenvalue weighted by Gasteiger charge is 2.06. The zero-order valence-corrected chi connectivity index (χ0v) is 12.4. The van der Waals surface area contributed by atoms with Crippen LogP contribution >= 0.6 is 15.9 Å². The maximum atomic E-state index is 13.3. The van der Waals surface area contributed by atoms with Gasteiger partial charge >= 0.3 is 0 Å². The molecule has 0 unspecified atom stereocenters. The molecule has 6 heteroatoms. The van der Waals surface area contributed by atoms with E-state index in [1.165, 1.54) is 26.5 Å². The highest BCUT2D eigenvalue weighted by Crippen LogP contribution is 2.20. The molecule has 0 amide bonds. The second-order valence-corrected chi connectivity index (χ2v) is 4.51. The molecule has 0 saturated heterocycles. The van der Waals surface area contributed by atoms with Crippen molar-refractivity contribution in [3.63, 3.8) is 0 Å². The first-order valence-electron chi connectivity index (χ1n) is 5.56. The van der Waals surface area contributed by atoms with E-state index in [1.54, 1.807) is 12.1 Å². The highest BCUT2D eigenvalue weighted by molar-refractivity contribution is 9.10. The summed E-state index contributed by atoms with van der Waals surface area (Å²) in [6.45, 7) is 0. The summed E-state index contributed by atoms with van der Waals surface area (Å²) in [4.78, 5) is 8.15. The fourth-order valence-corrected chi connectivity index (χ4v) is 1.65. The monoisotopic (exact) mass is 336 g/mol. The fourth-order valence-electron chi connectivity index (χ4n) is 1.40. The van der Waals surface area contributed by atoms with Crippen LogP contribution < -0.4 is 9.47 Å². The van der Waals surface area contributed by atoms with Gasteiger partial charge in [-0.15, -0.1) is 0 Å². The number of hydrogen-bond donors (Lipinski definition) is 0. The molecule has 1 aromatic heterocycles. The fraction of sp³-hybridized carbons (Fsp3) is 0.143. The van der Waals surface area contributed by atoms with E-state index >= 15 is 0 Å². The van der Waals surface area contributed by atoms with E-state index in [1.807, 2.05) is 0 Å². The van der Waals surface area contributed by atoms with Crippen LogP contribution in [-0.4, -0.2) is 24.2 Å². The molecule has 0 N–H and O–H groups in total. The largest absolute Gasteiger partial charge is 0.477 e. The van der Waals surface area contributed by atoms with Gasteiger partial charge in [0.1, 0.15) is 11.5 Å². The number of methoxy groups -OCH3 is 2. The van der Waals surface area contributed by atoms with Crippen LogP contribution in [0.4, 0.5) is 4.39 Å². The Bertz CT molecular complexity index is 695. The normalized spacial score (nSPS) is 9.60. The van der Waals surface area contributed by atoms with Crippen LogP contribution in [0, 0.1) is 17.7 Å². The Morgan fingerprint density at radius 1 is 1.15 bits per heavy atom. The van der Waals surface area contributed by atoms with E-state index in [9.17, 15) is 4.39 Å². The van der Waals surface area contributed by atoms with E-state index in [-0.39, 0.29) is 17.6 Å². The molecule has 2 aromatic rings. The van der Waals surface area contributed by atoms with Crippen molar-refractivity contribution in [3.05, 3.63) is 45.9 Å². The summed E-state index contributed by atoms with van der Waals surface area (Å²) >= 11 is 3.08. The second kappa shape index (κ2) is 6.35. The van der Waals surface area contributed by atoms with Crippen molar-refractivity contribution in [1.82, 2.24) is 9.97 Å². The number of hydrogen-bond acceptors (Lipinski definition) is 4. The van der Waals surface area contributed by atoms with Crippen LogP contribution in [0.5, 0.6) is 11.8 Å². The lowest BCUT2D eigenvalue weighted by atomic mass is 10.2. The van der Waals surface area contributed by atoms with Crippen molar-refractivity contribution in [2.24, 2.45) is 0 Å². The smallest absolute Gasteiger partial charge is 0.279 e. The van der Waals surface area contributed by atoms with Gasteiger partial charge in [0.15, 0.2) is 0 Å². The molecular formula is C14H10BrFN2O2. The lowest BCUT2D eigenvalue weighted by Gasteiger charge is -2.03. The Hall–Kier alpha value is -2.13. The summed E-state index contributed by atoms with van der Waals surface area (Å²) in [5.41, 5.74) is 0.952. The third kappa shape index (κ3) is 3.25. The third-order valence-corrected chi connectivity index (χ3v) is 2.99. The lowest BCUT2D eigenvalue weighted by molar-refractivity contribution is 0.331. The molecule has 0 bridgehead atoms. The van der Waals surface area contributed by atoms with Crippen LogP contribution in [0.25, 0.3) is 0 Å². The molecule has 0 fully saturated rings. The predicted molar refractivity (Wildman–Crippen MR) is 75.2 cm³/mol. The molecule has 0 aliphatic rings. The SMILES string of the molecule is COc1ncc(C#Cc2ccc(Br)c(F)c2)nc1OC. The molecule has 20 heavy (non-hydrogen) atoms. The summed E-state index contributed by atoms with van der Waals surface area (Å²) in [6, 6.07) is 4.64. The predicted octanol–water partition coefficient (Wildman–Crippen LogP) is 2.80. The maximum Gasteiger partial charge on any atom is 0.279 e. The van der Waals surface area contributed by atoms with Crippen LogP contribution in [0.15, 0.2) is 28.9 Å². The summed E-state index contributed by atoms with van der Waals surface area (Å²) in [6.07, 6.45) is 1.46. The number of ether oxygens (including phenoxy) is 2. The maximum absolute atomic E-state index is 13.3. The first-order chi connectivity index (χ1) is 9.63. The summed E-state index contributed by atoms with van der Waals surface area (Å²) in [5, 5.41) is 0. The van der Waals surface area contributed by atoms with E-state index in [4.69, 9.17) is 9.47 Å². The topological polar surface area (TPSA) is 44.2 Å². The highest BCUT2D eigenvalue weighted by atomic mass is 79.9. The molecule has 0 saturated carbocycles. The van der Waals surface area contributed by atoms with Gasteiger partial charge in [0.25, 0.3) is 11.8 Å². The Labute approximate surface area is 124 Å². The first-order valence-corrected chi connectivity index (χ1v) is 6.35. The van der Waals surface area contributed by atoms with E-state index < -0.39 is 0 Å². The Morgan fingerprint density at radius 3 is 2.55 bits per heavy atom. The van der Waals surface area contributed by atoms with Crippen LogP contribution in [0.1, 0.15) is 11.3 Å². The number of rotatable bonds is 2. The van der Waals surface area contributed by atoms with Crippen molar-refractivity contribution in [3.8, 4) is 23.6 Å². The number of benzene rings is 1. The average molecular weight is 337 g/mol. The minimum Gasteiger partial charge on any atom is -0.477 e. The van der Waals surface area contributed by atoms with Gasteiger partial charge in [-0.2, -0.15) is 4.98 Å². The molecule has 0 atom stereocenters. The molecule has 0 aliphatic heterocycles. The molecule has 1 heterocycles. The van der Waals surface area contributed by atoms with Crippen LogP contribution in [0.2, 0.25) is 0 Å². The molecule has 1 aromatic carbocycles. The zero-order valence-electron chi connectivity index (χ0n) is 10.8. The molecule has 0 radical (unpaired) electrons. The van der Waals surface area contributed by atoms with Crippen LogP contribution in [0.3, 0.4) is 0 Å². The second-order valence-electron chi connectivity index (χ2n) is 3.65. The third-order valence-electron chi connectivity index (χ3n) is 2.35. The van der Waals surface area contributed by atoms with Crippen LogP contribution in [-0.2, 0) is 0 Å². The number of aromatic nitrogens is 2. The van der Waals surface area contributed by atoms with Crippen molar-refractivity contribution in [1.29, 1.82) is 0 Å². The van der Waals surface area contributed by atoms with Gasteiger partial charge in [0.2, 0.25) is 0 Å². The van der Waals surface area contributed by atoms with E-state index in [0.717, 1.165) is 0 Å². The quantitative estimate of drug-likeness (QED) is 0.791. The van der Waals surface area contributed by atoms with Crippen molar-refractivity contribution < 1.29 is 13.9 Å². The summed E-state index contributed by atoms with van der Waals surface area (Å²) in [7, 11) is 2.94. The summed E-state index contributed by atoms with van der Waals surface area (Å²) in [5.74, 6) is 5.77. The van der Waals surface area contributed by atoms with Crippen molar-refractivity contribution >= 4 is 15.9 Å². The van der Waals surface area contributed by atoms with Gasteiger partial charge < -0.3 is 9.47 Å². The van der Waals surface area contributed by atoms with E-state index in [0.29, 0.717) is 15.7 Å². The zero-order chi connectivity index (χ0) is 14.5.